The quantitative estimate of drug-likeness (QED) is 0.580. The van der Waals surface area contributed by atoms with E-state index in [-0.39, 0.29) is 0 Å². The lowest BCUT2D eigenvalue weighted by Gasteiger charge is -2.04. The topological polar surface area (TPSA) is 24.7 Å². The highest BCUT2D eigenvalue weighted by Gasteiger charge is 2.04. The van der Waals surface area contributed by atoms with E-state index in [1.807, 2.05) is 60.7 Å². The third kappa shape index (κ3) is 3.39. The van der Waals surface area contributed by atoms with Crippen molar-refractivity contribution in [1.82, 2.24) is 0 Å². The summed E-state index contributed by atoms with van der Waals surface area (Å²) in [4.78, 5) is 8.86. The summed E-state index contributed by atoms with van der Waals surface area (Å²) in [6.07, 6.45) is 3.23. The summed E-state index contributed by atoms with van der Waals surface area (Å²) in [5, 5.41) is 0. The van der Waals surface area contributed by atoms with Gasteiger partial charge in [0.2, 0.25) is 0 Å². The van der Waals surface area contributed by atoms with Gasteiger partial charge in [0.25, 0.3) is 0 Å². The van der Waals surface area contributed by atoms with Gasteiger partial charge in [-0.3, -0.25) is 0 Å². The van der Waals surface area contributed by atoms with Crippen LogP contribution in [0.2, 0.25) is 0 Å². The number of hydrogen-bond donors (Lipinski definition) is 0. The zero-order chi connectivity index (χ0) is 14.2. The fourth-order valence-electron chi connectivity index (χ4n) is 1.79. The molecule has 0 N–H and O–H groups in total. The molecule has 98 valence electrons. The molecule has 0 aliphatic carbocycles. The highest BCUT2D eigenvalue weighted by molar-refractivity contribution is 6.16. The summed E-state index contributed by atoms with van der Waals surface area (Å²) in [6.45, 7) is 7.48. The SMILES string of the molecule is C=CN=C(N=C(C=C)c1ccccc1)c1ccccc1. The van der Waals surface area contributed by atoms with Crippen LogP contribution in [0.15, 0.2) is 96.1 Å². The van der Waals surface area contributed by atoms with Crippen LogP contribution in [-0.2, 0) is 0 Å². The minimum absolute atomic E-state index is 0.624. The molecule has 2 heteroatoms. The molecule has 0 aromatic heterocycles. The molecule has 2 nitrogen and oxygen atoms in total. The van der Waals surface area contributed by atoms with Gasteiger partial charge in [0.15, 0.2) is 5.84 Å². The van der Waals surface area contributed by atoms with Crippen molar-refractivity contribution in [3.05, 3.63) is 97.2 Å². The normalized spacial score (nSPS) is 12.0. The summed E-state index contributed by atoms with van der Waals surface area (Å²) < 4.78 is 0. The minimum atomic E-state index is 0.624. The first kappa shape index (κ1) is 13.7. The Morgan fingerprint density at radius 3 is 1.85 bits per heavy atom. The summed E-state index contributed by atoms with van der Waals surface area (Å²) in [5.74, 6) is 0.624. The first-order valence-electron chi connectivity index (χ1n) is 6.36. The molecule has 0 amide bonds. The number of rotatable bonds is 4. The zero-order valence-electron chi connectivity index (χ0n) is 11.2. The van der Waals surface area contributed by atoms with Crippen LogP contribution in [0.3, 0.4) is 0 Å². The number of benzene rings is 2. The molecule has 0 radical (unpaired) electrons. The van der Waals surface area contributed by atoms with E-state index in [0.29, 0.717) is 5.84 Å². The van der Waals surface area contributed by atoms with Gasteiger partial charge < -0.3 is 0 Å². The van der Waals surface area contributed by atoms with Gasteiger partial charge in [-0.1, -0.05) is 73.8 Å². The van der Waals surface area contributed by atoms with Crippen LogP contribution < -0.4 is 0 Å². The lowest BCUT2D eigenvalue weighted by Crippen LogP contribution is -2.04. The Labute approximate surface area is 119 Å². The first-order valence-corrected chi connectivity index (χ1v) is 6.36. The molecular formula is C18H16N2. The molecular weight excluding hydrogens is 244 g/mol. The van der Waals surface area contributed by atoms with Crippen LogP contribution in [0.1, 0.15) is 11.1 Å². The fraction of sp³-hybridized carbons (Fsp3) is 0. The molecule has 0 atom stereocenters. The molecule has 0 unspecified atom stereocenters. The Hall–Kier alpha value is -2.74. The smallest absolute Gasteiger partial charge is 0.159 e. The molecule has 0 spiro atoms. The van der Waals surface area contributed by atoms with E-state index in [0.717, 1.165) is 16.8 Å². The zero-order valence-corrected chi connectivity index (χ0v) is 11.2. The van der Waals surface area contributed by atoms with Crippen molar-refractivity contribution >= 4 is 11.5 Å². The average molecular weight is 260 g/mol. The molecule has 0 aliphatic rings. The van der Waals surface area contributed by atoms with Crippen molar-refractivity contribution in [2.45, 2.75) is 0 Å². The van der Waals surface area contributed by atoms with E-state index >= 15 is 0 Å². The summed E-state index contributed by atoms with van der Waals surface area (Å²) in [6, 6.07) is 19.7. The van der Waals surface area contributed by atoms with Crippen molar-refractivity contribution in [3.63, 3.8) is 0 Å². The van der Waals surface area contributed by atoms with Gasteiger partial charge in [0.05, 0.1) is 5.71 Å². The lowest BCUT2D eigenvalue weighted by atomic mass is 10.1. The van der Waals surface area contributed by atoms with Crippen LogP contribution in [-0.4, -0.2) is 11.5 Å². The third-order valence-electron chi connectivity index (χ3n) is 2.73. The second-order valence-corrected chi connectivity index (χ2v) is 4.07. The van der Waals surface area contributed by atoms with Gasteiger partial charge >= 0.3 is 0 Å². The molecule has 0 aliphatic heterocycles. The highest BCUT2D eigenvalue weighted by atomic mass is 14.9. The molecule has 2 rings (SSSR count). The van der Waals surface area contributed by atoms with Crippen LogP contribution >= 0.6 is 0 Å². The third-order valence-corrected chi connectivity index (χ3v) is 2.73. The Bertz CT molecular complexity index is 638. The Balaban J connectivity index is 2.45. The molecule has 2 aromatic carbocycles. The highest BCUT2D eigenvalue weighted by Crippen LogP contribution is 2.08. The lowest BCUT2D eigenvalue weighted by molar-refractivity contribution is 1.46. The number of nitrogens with zero attached hydrogens (tertiary/aromatic N) is 2. The van der Waals surface area contributed by atoms with Crippen LogP contribution in [0.25, 0.3) is 0 Å². The molecule has 2 aromatic rings. The van der Waals surface area contributed by atoms with E-state index in [1.54, 1.807) is 6.08 Å². The number of amidine groups is 1. The standard InChI is InChI=1S/C18H16N2/c1-3-17(15-11-7-5-8-12-15)20-18(19-4-2)16-13-9-6-10-14-16/h3-14H,1-2H2. The summed E-state index contributed by atoms with van der Waals surface area (Å²) in [5.41, 5.74) is 2.74. The Morgan fingerprint density at radius 2 is 1.35 bits per heavy atom. The van der Waals surface area contributed by atoms with Gasteiger partial charge in [-0.2, -0.15) is 0 Å². The number of hydrogen-bond acceptors (Lipinski definition) is 1. The van der Waals surface area contributed by atoms with Crippen LogP contribution in [0, 0.1) is 0 Å². The maximum Gasteiger partial charge on any atom is 0.159 e. The summed E-state index contributed by atoms with van der Waals surface area (Å²) >= 11 is 0. The Morgan fingerprint density at radius 1 is 0.800 bits per heavy atom. The summed E-state index contributed by atoms with van der Waals surface area (Å²) in [7, 11) is 0. The van der Waals surface area contributed by atoms with Crippen LogP contribution in [0.5, 0.6) is 0 Å². The van der Waals surface area contributed by atoms with E-state index in [9.17, 15) is 0 Å². The van der Waals surface area contributed by atoms with Gasteiger partial charge in [0.1, 0.15) is 0 Å². The molecule has 0 saturated carbocycles. The van der Waals surface area contributed by atoms with Gasteiger partial charge in [-0.05, 0) is 6.08 Å². The minimum Gasteiger partial charge on any atom is -0.237 e. The van der Waals surface area contributed by atoms with E-state index in [4.69, 9.17) is 0 Å². The predicted molar refractivity (Wildman–Crippen MR) is 86.4 cm³/mol. The van der Waals surface area contributed by atoms with Crippen LogP contribution in [0.4, 0.5) is 0 Å². The molecule has 0 heterocycles. The number of allylic oxidation sites excluding steroid dienone is 1. The maximum absolute atomic E-state index is 4.60. The molecule has 0 bridgehead atoms. The van der Waals surface area contributed by atoms with Crippen molar-refractivity contribution in [2.24, 2.45) is 9.98 Å². The van der Waals surface area contributed by atoms with Crippen molar-refractivity contribution in [2.75, 3.05) is 0 Å². The molecule has 0 fully saturated rings. The predicted octanol–water partition coefficient (Wildman–Crippen LogP) is 4.25. The maximum atomic E-state index is 4.60. The average Bonchev–Trinajstić information content (AvgIpc) is 2.53. The van der Waals surface area contributed by atoms with Gasteiger partial charge in [-0.25, -0.2) is 9.98 Å². The molecule has 20 heavy (non-hydrogen) atoms. The Kier molecular flexibility index (Phi) is 4.79. The van der Waals surface area contributed by atoms with Gasteiger partial charge in [-0.15, -0.1) is 0 Å². The van der Waals surface area contributed by atoms with Crippen molar-refractivity contribution in [1.29, 1.82) is 0 Å². The monoisotopic (exact) mass is 260 g/mol. The second-order valence-electron chi connectivity index (χ2n) is 4.07. The van der Waals surface area contributed by atoms with E-state index < -0.39 is 0 Å². The number of aliphatic imine (C=N–C) groups is 2. The second kappa shape index (κ2) is 7.00. The van der Waals surface area contributed by atoms with E-state index in [2.05, 4.69) is 23.1 Å². The largest absolute Gasteiger partial charge is 0.237 e. The van der Waals surface area contributed by atoms with Crippen molar-refractivity contribution in [3.8, 4) is 0 Å². The van der Waals surface area contributed by atoms with Gasteiger partial charge in [0, 0.05) is 17.3 Å². The fourth-order valence-corrected chi connectivity index (χ4v) is 1.79. The van der Waals surface area contributed by atoms with Crippen molar-refractivity contribution < 1.29 is 0 Å². The molecule has 0 saturated heterocycles. The van der Waals surface area contributed by atoms with E-state index in [1.165, 1.54) is 6.20 Å². The first-order chi connectivity index (χ1) is 9.85.